The van der Waals surface area contributed by atoms with Crippen molar-refractivity contribution >= 4 is 28.9 Å². The van der Waals surface area contributed by atoms with Crippen LogP contribution in [0.3, 0.4) is 0 Å². The maximum Gasteiger partial charge on any atom is 0.257 e. The van der Waals surface area contributed by atoms with Crippen molar-refractivity contribution in [3.8, 4) is 11.5 Å². The van der Waals surface area contributed by atoms with Gasteiger partial charge in [0.1, 0.15) is 0 Å². The first-order valence-electron chi connectivity index (χ1n) is 6.94. The molecule has 0 radical (unpaired) electrons. The largest absolute Gasteiger partial charge is 0.493 e. The Kier molecular flexibility index (Phi) is 5.54. The fraction of sp³-hybridized carbons (Fsp3) is 0.176. The molecule has 0 aliphatic heterocycles. The van der Waals surface area contributed by atoms with Gasteiger partial charge in [0.2, 0.25) is 0 Å². The monoisotopic (exact) mass is 330 g/mol. The Bertz CT molecular complexity index is 714. The fourth-order valence-corrected chi connectivity index (χ4v) is 2.16. The molecule has 0 saturated carbocycles. The Morgan fingerprint density at radius 1 is 1.00 bits per heavy atom. The third-order valence-corrected chi connectivity index (χ3v) is 3.39. The molecule has 2 aromatic rings. The molecule has 0 saturated heterocycles. The zero-order chi connectivity index (χ0) is 16.8. The van der Waals surface area contributed by atoms with Crippen LogP contribution in [-0.2, 0) is 0 Å². The van der Waals surface area contributed by atoms with E-state index in [0.29, 0.717) is 17.1 Å². The molecule has 0 fully saturated rings. The van der Waals surface area contributed by atoms with E-state index in [9.17, 15) is 4.79 Å². The molecular weight excluding hydrogens is 312 g/mol. The molecule has 0 aromatic heterocycles. The molecule has 0 aliphatic carbocycles. The summed E-state index contributed by atoms with van der Waals surface area (Å²) in [6, 6.07) is 12.6. The van der Waals surface area contributed by atoms with Crippen molar-refractivity contribution in [2.24, 2.45) is 0 Å². The van der Waals surface area contributed by atoms with Gasteiger partial charge < -0.3 is 14.8 Å². The summed E-state index contributed by atoms with van der Waals surface area (Å²) in [5, 5.41) is 5.83. The first-order valence-corrected chi connectivity index (χ1v) is 7.35. The van der Waals surface area contributed by atoms with Gasteiger partial charge in [0.25, 0.3) is 5.91 Å². The molecule has 2 rings (SSSR count). The molecule has 1 amide bonds. The van der Waals surface area contributed by atoms with Crippen LogP contribution in [0.25, 0.3) is 0 Å². The van der Waals surface area contributed by atoms with Gasteiger partial charge in [-0.25, -0.2) is 0 Å². The maximum atomic E-state index is 12.2. The van der Waals surface area contributed by atoms with Crippen molar-refractivity contribution in [2.45, 2.75) is 6.92 Å². The van der Waals surface area contributed by atoms with Gasteiger partial charge in [-0.15, -0.1) is 0 Å². The predicted molar refractivity (Wildman–Crippen MR) is 94.4 cm³/mol. The van der Waals surface area contributed by atoms with Gasteiger partial charge in [-0.2, -0.15) is 0 Å². The molecule has 0 atom stereocenters. The van der Waals surface area contributed by atoms with Crippen LogP contribution in [0, 0.1) is 6.92 Å². The minimum absolute atomic E-state index is 0.230. The van der Waals surface area contributed by atoms with E-state index < -0.39 is 0 Å². The molecule has 0 spiro atoms. The number of hydrogen-bond acceptors (Lipinski definition) is 4. The summed E-state index contributed by atoms with van der Waals surface area (Å²) in [5.41, 5.74) is 2.39. The van der Waals surface area contributed by atoms with Crippen molar-refractivity contribution in [1.82, 2.24) is 5.32 Å². The first kappa shape index (κ1) is 16.8. The van der Waals surface area contributed by atoms with Gasteiger partial charge in [0.15, 0.2) is 16.6 Å². The molecule has 120 valence electrons. The lowest BCUT2D eigenvalue weighted by atomic mass is 10.2. The molecule has 6 heteroatoms. The smallest absolute Gasteiger partial charge is 0.257 e. The van der Waals surface area contributed by atoms with Crippen LogP contribution in [-0.4, -0.2) is 25.2 Å². The molecule has 5 nitrogen and oxygen atoms in total. The Morgan fingerprint density at radius 2 is 1.65 bits per heavy atom. The summed E-state index contributed by atoms with van der Waals surface area (Å²) in [7, 11) is 3.06. The number of carbonyl (C=O) groups is 1. The SMILES string of the molecule is COc1ccc(C(=O)NC(=S)Nc2ccc(C)cc2)cc1OC. The van der Waals surface area contributed by atoms with Crippen LogP contribution in [0.4, 0.5) is 5.69 Å². The Balaban J connectivity index is 2.03. The van der Waals surface area contributed by atoms with Crippen LogP contribution in [0.2, 0.25) is 0 Å². The lowest BCUT2D eigenvalue weighted by Crippen LogP contribution is -2.34. The second-order valence-electron chi connectivity index (χ2n) is 4.84. The summed E-state index contributed by atoms with van der Waals surface area (Å²) in [4.78, 5) is 12.2. The van der Waals surface area contributed by atoms with Gasteiger partial charge in [-0.1, -0.05) is 17.7 Å². The van der Waals surface area contributed by atoms with Crippen LogP contribution < -0.4 is 20.1 Å². The van der Waals surface area contributed by atoms with E-state index >= 15 is 0 Å². The molecule has 2 aromatic carbocycles. The molecule has 23 heavy (non-hydrogen) atoms. The van der Waals surface area contributed by atoms with Crippen molar-refractivity contribution < 1.29 is 14.3 Å². The van der Waals surface area contributed by atoms with E-state index in [0.717, 1.165) is 11.3 Å². The van der Waals surface area contributed by atoms with E-state index in [-0.39, 0.29) is 11.0 Å². The van der Waals surface area contributed by atoms with Crippen LogP contribution in [0.5, 0.6) is 11.5 Å². The van der Waals surface area contributed by atoms with Crippen molar-refractivity contribution in [3.63, 3.8) is 0 Å². The third kappa shape index (κ3) is 4.43. The fourth-order valence-electron chi connectivity index (χ4n) is 1.95. The van der Waals surface area contributed by atoms with Gasteiger partial charge >= 0.3 is 0 Å². The zero-order valence-electron chi connectivity index (χ0n) is 13.2. The summed E-state index contributed by atoms with van der Waals surface area (Å²) in [6.45, 7) is 2.00. The van der Waals surface area contributed by atoms with E-state index in [1.54, 1.807) is 18.2 Å². The molecular formula is C17H18N2O3S. The van der Waals surface area contributed by atoms with Crippen LogP contribution in [0.15, 0.2) is 42.5 Å². The number of amides is 1. The summed E-state index contributed by atoms with van der Waals surface area (Å²) in [5.74, 6) is 0.720. The Labute approximate surface area is 140 Å². The highest BCUT2D eigenvalue weighted by Gasteiger charge is 2.12. The standard InChI is InChI=1S/C17H18N2O3S/c1-11-4-7-13(8-5-11)18-17(23)19-16(20)12-6-9-14(21-2)15(10-12)22-3/h4-10H,1-3H3,(H2,18,19,20,23). The number of anilines is 1. The number of aryl methyl sites for hydroxylation is 1. The summed E-state index contributed by atoms with van der Waals surface area (Å²) in [6.07, 6.45) is 0. The Morgan fingerprint density at radius 3 is 2.26 bits per heavy atom. The number of hydrogen-bond donors (Lipinski definition) is 2. The molecule has 0 aliphatic rings. The highest BCUT2D eigenvalue weighted by Crippen LogP contribution is 2.27. The van der Waals surface area contributed by atoms with E-state index in [2.05, 4.69) is 10.6 Å². The number of rotatable bonds is 4. The number of benzene rings is 2. The first-order chi connectivity index (χ1) is 11.0. The van der Waals surface area contributed by atoms with Gasteiger partial charge in [0.05, 0.1) is 14.2 Å². The van der Waals surface area contributed by atoms with Gasteiger partial charge in [-0.3, -0.25) is 10.1 Å². The second-order valence-corrected chi connectivity index (χ2v) is 5.25. The van der Waals surface area contributed by atoms with Crippen molar-refractivity contribution in [1.29, 1.82) is 0 Å². The number of ether oxygens (including phenoxy) is 2. The minimum atomic E-state index is -0.324. The quantitative estimate of drug-likeness (QED) is 0.844. The average molecular weight is 330 g/mol. The average Bonchev–Trinajstić information content (AvgIpc) is 2.56. The summed E-state index contributed by atoms with van der Waals surface area (Å²) >= 11 is 5.16. The molecule has 0 heterocycles. The number of thiocarbonyl (C=S) groups is 1. The predicted octanol–water partition coefficient (Wildman–Crippen LogP) is 3.14. The van der Waals surface area contributed by atoms with Crippen molar-refractivity contribution in [2.75, 3.05) is 19.5 Å². The Hall–Kier alpha value is -2.60. The third-order valence-electron chi connectivity index (χ3n) is 3.18. The highest BCUT2D eigenvalue weighted by molar-refractivity contribution is 7.80. The van der Waals surface area contributed by atoms with Crippen LogP contribution >= 0.6 is 12.2 Å². The van der Waals surface area contributed by atoms with Gasteiger partial charge in [-0.05, 0) is 49.5 Å². The molecule has 0 bridgehead atoms. The summed E-state index contributed by atoms with van der Waals surface area (Å²) < 4.78 is 10.3. The number of carbonyl (C=O) groups excluding carboxylic acids is 1. The topological polar surface area (TPSA) is 59.6 Å². The minimum Gasteiger partial charge on any atom is -0.493 e. The van der Waals surface area contributed by atoms with Crippen LogP contribution in [0.1, 0.15) is 15.9 Å². The number of methoxy groups -OCH3 is 2. The molecule has 2 N–H and O–H groups in total. The van der Waals surface area contributed by atoms with Gasteiger partial charge in [0, 0.05) is 11.3 Å². The maximum absolute atomic E-state index is 12.2. The molecule has 0 unspecified atom stereocenters. The zero-order valence-corrected chi connectivity index (χ0v) is 14.0. The normalized spacial score (nSPS) is 9.87. The van der Waals surface area contributed by atoms with E-state index in [1.165, 1.54) is 14.2 Å². The van der Waals surface area contributed by atoms with Crippen molar-refractivity contribution in [3.05, 3.63) is 53.6 Å². The second kappa shape index (κ2) is 7.60. The van der Waals surface area contributed by atoms with E-state index in [4.69, 9.17) is 21.7 Å². The lowest BCUT2D eigenvalue weighted by molar-refractivity contribution is 0.0977. The highest BCUT2D eigenvalue weighted by atomic mass is 32.1. The van der Waals surface area contributed by atoms with E-state index in [1.807, 2.05) is 31.2 Å². The number of nitrogens with one attached hydrogen (secondary N) is 2. The lowest BCUT2D eigenvalue weighted by Gasteiger charge is -2.11.